The minimum absolute atomic E-state index is 0. The predicted molar refractivity (Wildman–Crippen MR) is 187 cm³/mol. The summed E-state index contributed by atoms with van der Waals surface area (Å²) in [5, 5.41) is 0.434. The second kappa shape index (κ2) is 20.5. The predicted octanol–water partition coefficient (Wildman–Crippen LogP) is 3.62. The minimum atomic E-state index is -3.78. The monoisotopic (exact) mass is 768 g/mol. The number of sulfonamides is 2. The molecule has 2 saturated carbocycles. The van der Waals surface area contributed by atoms with Crippen molar-refractivity contribution in [3.63, 3.8) is 0 Å². The number of aromatic nitrogens is 2. The van der Waals surface area contributed by atoms with E-state index in [9.17, 15) is 26.4 Å². The second-order valence-corrected chi connectivity index (χ2v) is 17.5. The Morgan fingerprint density at radius 2 is 1.31 bits per heavy atom. The fourth-order valence-corrected chi connectivity index (χ4v) is 6.37. The number of nitrogens with one attached hydrogen (secondary N) is 2. The van der Waals surface area contributed by atoms with Crippen molar-refractivity contribution >= 4 is 48.2 Å². The fraction of sp³-hybridized carbons (Fsp3) is 0.594. The van der Waals surface area contributed by atoms with Crippen LogP contribution in [0.25, 0.3) is 0 Å². The third-order valence-electron chi connectivity index (χ3n) is 6.03. The van der Waals surface area contributed by atoms with Crippen LogP contribution < -0.4 is 28.3 Å². The molecule has 48 heavy (non-hydrogen) atoms. The van der Waals surface area contributed by atoms with Crippen molar-refractivity contribution in [2.24, 2.45) is 0 Å². The van der Waals surface area contributed by atoms with Gasteiger partial charge < -0.3 is 16.4 Å². The van der Waals surface area contributed by atoms with Crippen LogP contribution in [0.4, 0.5) is 9.59 Å². The number of alkyl halides is 1. The van der Waals surface area contributed by atoms with Crippen molar-refractivity contribution in [3.05, 3.63) is 67.1 Å². The molecule has 2 aliphatic rings. The van der Waals surface area contributed by atoms with Gasteiger partial charge in [0.05, 0.1) is 15.7 Å². The molecule has 12 nitrogen and oxygen atoms in total. The molecule has 0 bridgehead atoms. The van der Waals surface area contributed by atoms with Gasteiger partial charge in [-0.3, -0.25) is 9.97 Å². The van der Waals surface area contributed by atoms with Gasteiger partial charge in [-0.05, 0) is 91.5 Å². The van der Waals surface area contributed by atoms with E-state index in [2.05, 4.69) is 39.7 Å². The fourth-order valence-electron chi connectivity index (χ4n) is 3.38. The van der Waals surface area contributed by atoms with E-state index in [0.717, 1.165) is 17.4 Å². The van der Waals surface area contributed by atoms with E-state index in [1.807, 2.05) is 33.7 Å². The maximum absolute atomic E-state index is 12.4. The first kappa shape index (κ1) is 45.8. The zero-order valence-electron chi connectivity index (χ0n) is 29.4. The van der Waals surface area contributed by atoms with Crippen LogP contribution in [0.5, 0.6) is 0 Å². The molecule has 0 saturated heterocycles. The van der Waals surface area contributed by atoms with Crippen LogP contribution in [0.1, 0.15) is 98.4 Å². The number of rotatable bonds is 8. The first-order chi connectivity index (χ1) is 21.7. The third-order valence-corrected chi connectivity index (χ3v) is 10.5. The van der Waals surface area contributed by atoms with Gasteiger partial charge in [-0.15, -0.1) is 0 Å². The quantitative estimate of drug-likeness (QED) is 0.230. The smallest absolute Gasteiger partial charge is 0.443 e. The molecule has 2 N–H and O–H groups in total. The summed E-state index contributed by atoms with van der Waals surface area (Å²) >= 11 is 3.29. The number of amides is 2. The molecule has 0 aliphatic heterocycles. The Hall–Kier alpha value is -2.18. The molecular formula is C32H50BrLiN4O8S2. The van der Waals surface area contributed by atoms with E-state index in [0.29, 0.717) is 37.8 Å². The number of nitrogens with zero attached hydrogens (tertiary/aromatic N) is 2. The normalized spacial score (nSPS) is 14.8. The molecule has 0 unspecified atom stereocenters. The van der Waals surface area contributed by atoms with Gasteiger partial charge in [0.15, 0.2) is 0 Å². The number of carbonyl (C=O) groups excluding carboxylic acids is 2. The molecule has 2 amide bonds. The van der Waals surface area contributed by atoms with Crippen molar-refractivity contribution < 1.29 is 54.8 Å². The number of carbonyl (C=O) groups is 2. The molecule has 2 aromatic rings. The molecule has 2 fully saturated rings. The number of ether oxygens (including phenoxy) is 2. The number of halogens is 1. The molecule has 2 aromatic heterocycles. The Balaban J connectivity index is 0.000000703. The Labute approximate surface area is 307 Å². The Kier molecular flexibility index (Phi) is 19.5. The topological polar surface area (TPSA) is 171 Å². The van der Waals surface area contributed by atoms with Crippen molar-refractivity contribution in [2.45, 2.75) is 120 Å². The number of pyridine rings is 2. The molecule has 2 heterocycles. The first-order valence-electron chi connectivity index (χ1n) is 15.3. The average Bonchev–Trinajstić information content (AvgIpc) is 3.87. The maximum atomic E-state index is 12.4. The maximum Gasteiger partial charge on any atom is 1.00 e. The van der Waals surface area contributed by atoms with Crippen LogP contribution in [0.2, 0.25) is 0 Å². The summed E-state index contributed by atoms with van der Waals surface area (Å²) in [6.45, 7) is 15.8. The largest absolute Gasteiger partial charge is 1.00 e. The minimum Gasteiger partial charge on any atom is -0.443 e. The Morgan fingerprint density at radius 1 is 0.875 bits per heavy atom. The second-order valence-electron chi connectivity index (χ2n) is 12.9. The van der Waals surface area contributed by atoms with Crippen LogP contribution in [-0.2, 0) is 41.3 Å². The van der Waals surface area contributed by atoms with Gasteiger partial charge in [0, 0.05) is 29.8 Å². The summed E-state index contributed by atoms with van der Waals surface area (Å²) < 4.78 is 60.1. The molecule has 0 aromatic carbocycles. The summed E-state index contributed by atoms with van der Waals surface area (Å²) in [5.41, 5.74) is 0.359. The third kappa shape index (κ3) is 19.1. The summed E-state index contributed by atoms with van der Waals surface area (Å²) in [4.78, 5) is 31.0. The summed E-state index contributed by atoms with van der Waals surface area (Å²) in [6, 6.07) is 11.2. The van der Waals surface area contributed by atoms with E-state index >= 15 is 0 Å². The van der Waals surface area contributed by atoms with Crippen molar-refractivity contribution in [3.8, 4) is 0 Å². The zero-order valence-corrected chi connectivity index (χ0v) is 32.6. The summed E-state index contributed by atoms with van der Waals surface area (Å²) in [5.74, 6) is 0. The van der Waals surface area contributed by atoms with Crippen molar-refractivity contribution in [2.75, 3.05) is 0 Å². The van der Waals surface area contributed by atoms with Crippen LogP contribution in [0, 0.1) is 6.92 Å². The van der Waals surface area contributed by atoms with Crippen molar-refractivity contribution in [1.82, 2.24) is 19.4 Å². The SMILES string of the molecule is BrCc1ccccn1.CC(C)(C)OC(=O)NS(=O)(=O)C1(Cc2ccccn2)CC1.CC(C)(C)OC(=O)NS(=O)(=O)C1CC1.[CH2-]CCC.[Li+]. The molecule has 4 rings (SSSR count). The number of hydrogen-bond acceptors (Lipinski definition) is 10. The first-order valence-corrected chi connectivity index (χ1v) is 19.5. The van der Waals surface area contributed by atoms with Gasteiger partial charge in [-0.25, -0.2) is 35.9 Å². The van der Waals surface area contributed by atoms with Gasteiger partial charge >= 0.3 is 31.0 Å². The van der Waals surface area contributed by atoms with Crippen molar-refractivity contribution in [1.29, 1.82) is 0 Å². The molecule has 266 valence electrons. The van der Waals surface area contributed by atoms with Crippen LogP contribution in [0.3, 0.4) is 0 Å². The standard InChI is InChI=1S/C14H20N2O4S.C8H15NO4S.C6H6BrN.C4H9.Li/c1-13(2,3)20-12(17)16-21(18,19)14(7-8-14)10-11-6-4-5-9-15-11;1-8(2,3)13-7(10)9-14(11,12)6-4-5-6;7-5-6-3-1-2-4-8-6;1-3-4-2;/h4-6,9H,7-8,10H2,1-3H3,(H,16,17);6H,4-5H2,1-3H3,(H,9,10);1-4H,5H2;1,3-4H2,2H3;/q;;;-1;+1. The van der Waals surface area contributed by atoms with Gasteiger partial charge in [-0.2, -0.15) is 6.42 Å². The van der Waals surface area contributed by atoms with Crippen LogP contribution in [-0.4, -0.2) is 60.2 Å². The zero-order chi connectivity index (χ0) is 35.9. The van der Waals surface area contributed by atoms with Crippen LogP contribution in [0.15, 0.2) is 48.8 Å². The summed E-state index contributed by atoms with van der Waals surface area (Å²) in [7, 11) is -7.27. The van der Waals surface area contributed by atoms with Gasteiger partial charge in [0.1, 0.15) is 11.2 Å². The van der Waals surface area contributed by atoms with E-state index in [1.54, 1.807) is 66.1 Å². The molecule has 0 spiro atoms. The molecule has 2 aliphatic carbocycles. The Bertz CT molecular complexity index is 1460. The number of unbranched alkanes of at least 4 members (excludes halogenated alkanes) is 1. The van der Waals surface area contributed by atoms with E-state index in [1.165, 1.54) is 6.42 Å². The van der Waals surface area contributed by atoms with E-state index < -0.39 is 53.4 Å². The average molecular weight is 770 g/mol. The number of hydrogen-bond donors (Lipinski definition) is 2. The van der Waals surface area contributed by atoms with E-state index in [-0.39, 0.29) is 18.9 Å². The van der Waals surface area contributed by atoms with Gasteiger partial charge in [-0.1, -0.05) is 41.4 Å². The van der Waals surface area contributed by atoms with Gasteiger partial charge in [0.2, 0.25) is 20.0 Å². The molecule has 0 atom stereocenters. The Morgan fingerprint density at radius 3 is 1.62 bits per heavy atom. The van der Waals surface area contributed by atoms with Crippen LogP contribution >= 0.6 is 15.9 Å². The van der Waals surface area contributed by atoms with Gasteiger partial charge in [0.25, 0.3) is 0 Å². The molecule has 16 heteroatoms. The summed E-state index contributed by atoms with van der Waals surface area (Å²) in [6.07, 6.45) is 6.43. The molecular weight excluding hydrogens is 719 g/mol. The molecule has 0 radical (unpaired) electrons. The van der Waals surface area contributed by atoms with E-state index in [4.69, 9.17) is 9.47 Å².